The van der Waals surface area contributed by atoms with Crippen LogP contribution in [0.15, 0.2) is 46.8 Å². The van der Waals surface area contributed by atoms with E-state index in [1.165, 1.54) is 0 Å². The molecule has 7 nitrogen and oxygen atoms in total. The van der Waals surface area contributed by atoms with Gasteiger partial charge in [-0.2, -0.15) is 8.42 Å². The van der Waals surface area contributed by atoms with Crippen molar-refractivity contribution in [3.63, 3.8) is 0 Å². The number of nitrogens with zero attached hydrogens (tertiary/aromatic N) is 2. The Kier molecular flexibility index (Phi) is 5.45. The van der Waals surface area contributed by atoms with Gasteiger partial charge in [0.2, 0.25) is 5.13 Å². The molecule has 0 aliphatic rings. The van der Waals surface area contributed by atoms with Crippen LogP contribution >= 0.6 is 22.9 Å². The van der Waals surface area contributed by atoms with Gasteiger partial charge >= 0.3 is 0 Å². The van der Waals surface area contributed by atoms with Crippen molar-refractivity contribution in [3.05, 3.63) is 64.2 Å². The summed E-state index contributed by atoms with van der Waals surface area (Å²) in [4.78, 5) is 12.3. The van der Waals surface area contributed by atoms with E-state index < -0.39 is 15.9 Å². The Labute approximate surface area is 165 Å². The smallest absolute Gasteiger partial charge is 0.291 e. The number of aryl methyl sites for hydroxylation is 2. The van der Waals surface area contributed by atoms with Gasteiger partial charge in [-0.25, -0.2) is 0 Å². The average Bonchev–Trinajstić information content (AvgIpc) is 3.08. The number of hydrogen-bond acceptors (Lipinski definition) is 6. The third kappa shape index (κ3) is 4.26. The number of rotatable bonds is 5. The van der Waals surface area contributed by atoms with Gasteiger partial charge in [-0.05, 0) is 37.1 Å². The first-order valence-corrected chi connectivity index (χ1v) is 10.4. The van der Waals surface area contributed by atoms with E-state index in [-0.39, 0.29) is 20.1 Å². The lowest BCUT2D eigenvalue weighted by molar-refractivity contribution is 0.102. The molecule has 2 N–H and O–H groups in total. The standard InChI is InChI=1S/C17H15ClN4O3S2/c1-10-6-5-7-11(2)14(10)22-27(24,25)17-21-20-16(26-17)19-15(23)12-8-3-4-9-13(12)18/h3-9,22H,1-2H3,(H,19,20,23). The maximum atomic E-state index is 12.6. The number of halogens is 1. The van der Waals surface area contributed by atoms with Crippen molar-refractivity contribution < 1.29 is 13.2 Å². The highest BCUT2D eigenvalue weighted by atomic mass is 35.5. The van der Waals surface area contributed by atoms with E-state index >= 15 is 0 Å². The van der Waals surface area contributed by atoms with Crippen LogP contribution in [0.1, 0.15) is 21.5 Å². The maximum absolute atomic E-state index is 12.6. The van der Waals surface area contributed by atoms with Crippen LogP contribution in [-0.4, -0.2) is 24.5 Å². The Hall–Kier alpha value is -2.49. The van der Waals surface area contributed by atoms with Crippen LogP contribution in [-0.2, 0) is 10.0 Å². The number of hydrogen-bond donors (Lipinski definition) is 2. The summed E-state index contributed by atoms with van der Waals surface area (Å²) >= 11 is 6.74. The summed E-state index contributed by atoms with van der Waals surface area (Å²) in [6.07, 6.45) is 0. The molecule has 0 aliphatic heterocycles. The summed E-state index contributed by atoms with van der Waals surface area (Å²) in [7, 11) is -3.93. The number of aromatic nitrogens is 2. The molecule has 0 saturated heterocycles. The van der Waals surface area contributed by atoms with Gasteiger partial charge in [-0.3, -0.25) is 14.8 Å². The van der Waals surface area contributed by atoms with Crippen molar-refractivity contribution >= 4 is 49.7 Å². The zero-order valence-corrected chi connectivity index (χ0v) is 16.7. The molecule has 3 aromatic rings. The molecule has 1 amide bonds. The van der Waals surface area contributed by atoms with Crippen molar-refractivity contribution in [2.45, 2.75) is 18.2 Å². The first kappa shape index (κ1) is 19.3. The number of para-hydroxylation sites is 1. The van der Waals surface area contributed by atoms with Gasteiger partial charge in [-0.15, -0.1) is 10.2 Å². The van der Waals surface area contributed by atoms with E-state index in [0.29, 0.717) is 5.69 Å². The lowest BCUT2D eigenvalue weighted by Gasteiger charge is -2.11. The van der Waals surface area contributed by atoms with Gasteiger partial charge in [0.1, 0.15) is 0 Å². The Morgan fingerprint density at radius 1 is 1.04 bits per heavy atom. The second-order valence-electron chi connectivity index (χ2n) is 5.68. The number of sulfonamides is 1. The minimum absolute atomic E-state index is 0.0572. The predicted molar refractivity (Wildman–Crippen MR) is 106 cm³/mol. The van der Waals surface area contributed by atoms with E-state index in [2.05, 4.69) is 20.2 Å². The molecule has 10 heteroatoms. The number of anilines is 2. The van der Waals surface area contributed by atoms with Crippen molar-refractivity contribution in [1.29, 1.82) is 0 Å². The predicted octanol–water partition coefficient (Wildman–Crippen LogP) is 3.86. The Balaban J connectivity index is 1.80. The zero-order valence-electron chi connectivity index (χ0n) is 14.4. The first-order valence-electron chi connectivity index (χ1n) is 7.76. The molecule has 140 valence electrons. The number of carbonyl (C=O) groups excluding carboxylic acids is 1. The fraction of sp³-hybridized carbons (Fsp3) is 0.118. The van der Waals surface area contributed by atoms with E-state index in [9.17, 15) is 13.2 Å². The van der Waals surface area contributed by atoms with E-state index in [1.54, 1.807) is 50.2 Å². The normalized spacial score (nSPS) is 11.2. The molecule has 1 aromatic heterocycles. The monoisotopic (exact) mass is 422 g/mol. The fourth-order valence-corrected chi connectivity index (χ4v) is 4.65. The van der Waals surface area contributed by atoms with E-state index in [1.807, 2.05) is 6.07 Å². The molecule has 1 heterocycles. The van der Waals surface area contributed by atoms with Crippen LogP contribution in [0.3, 0.4) is 0 Å². The minimum atomic E-state index is -3.93. The number of nitrogens with one attached hydrogen (secondary N) is 2. The molecule has 0 unspecified atom stereocenters. The molecule has 0 fully saturated rings. The van der Waals surface area contributed by atoms with Crippen LogP contribution in [0, 0.1) is 13.8 Å². The van der Waals surface area contributed by atoms with Crippen molar-refractivity contribution in [2.75, 3.05) is 10.0 Å². The van der Waals surface area contributed by atoms with Crippen LogP contribution in [0.5, 0.6) is 0 Å². The lowest BCUT2D eigenvalue weighted by Crippen LogP contribution is -2.14. The summed E-state index contributed by atoms with van der Waals surface area (Å²) in [5, 5.41) is 10.3. The summed E-state index contributed by atoms with van der Waals surface area (Å²) in [5.41, 5.74) is 2.33. The first-order chi connectivity index (χ1) is 12.8. The van der Waals surface area contributed by atoms with E-state index in [0.717, 1.165) is 22.5 Å². The molecule has 0 aliphatic carbocycles. The van der Waals surface area contributed by atoms with Crippen LogP contribution < -0.4 is 10.0 Å². The van der Waals surface area contributed by atoms with Crippen LogP contribution in [0.4, 0.5) is 10.8 Å². The van der Waals surface area contributed by atoms with Gasteiger partial charge in [0.05, 0.1) is 16.3 Å². The second kappa shape index (κ2) is 7.63. The molecule has 0 saturated carbocycles. The highest BCUT2D eigenvalue weighted by molar-refractivity contribution is 7.94. The molecular weight excluding hydrogens is 408 g/mol. The summed E-state index contributed by atoms with van der Waals surface area (Å²) in [6, 6.07) is 12.0. The summed E-state index contributed by atoms with van der Waals surface area (Å²) in [6.45, 7) is 3.61. The quantitative estimate of drug-likeness (QED) is 0.608. The zero-order chi connectivity index (χ0) is 19.6. The summed E-state index contributed by atoms with van der Waals surface area (Å²) in [5.74, 6) is -0.497. The molecule has 2 aromatic carbocycles. The highest BCUT2D eigenvalue weighted by Gasteiger charge is 2.23. The highest BCUT2D eigenvalue weighted by Crippen LogP contribution is 2.27. The van der Waals surface area contributed by atoms with Gasteiger partial charge in [0.25, 0.3) is 20.3 Å². The van der Waals surface area contributed by atoms with Crippen molar-refractivity contribution in [3.8, 4) is 0 Å². The summed E-state index contributed by atoms with van der Waals surface area (Å²) < 4.78 is 27.5. The topological polar surface area (TPSA) is 101 Å². The molecule has 0 radical (unpaired) electrons. The van der Waals surface area contributed by atoms with Gasteiger partial charge in [0, 0.05) is 0 Å². The largest absolute Gasteiger partial charge is 0.296 e. The third-order valence-electron chi connectivity index (χ3n) is 3.69. The number of amides is 1. The van der Waals surface area contributed by atoms with Crippen LogP contribution in [0.25, 0.3) is 0 Å². The lowest BCUT2D eigenvalue weighted by atomic mass is 10.1. The number of benzene rings is 2. The van der Waals surface area contributed by atoms with Gasteiger partial charge in [0.15, 0.2) is 0 Å². The van der Waals surface area contributed by atoms with Gasteiger partial charge < -0.3 is 0 Å². The molecule has 3 rings (SSSR count). The third-order valence-corrected chi connectivity index (χ3v) is 6.58. The number of carbonyl (C=O) groups is 1. The minimum Gasteiger partial charge on any atom is -0.296 e. The molecule has 0 spiro atoms. The Morgan fingerprint density at radius 3 is 2.37 bits per heavy atom. The van der Waals surface area contributed by atoms with Crippen molar-refractivity contribution in [1.82, 2.24) is 10.2 Å². The molecule has 0 atom stereocenters. The average molecular weight is 423 g/mol. The molecule has 27 heavy (non-hydrogen) atoms. The van der Waals surface area contributed by atoms with Crippen molar-refractivity contribution in [2.24, 2.45) is 0 Å². The Bertz CT molecular complexity index is 1090. The van der Waals surface area contributed by atoms with E-state index in [4.69, 9.17) is 11.6 Å². The molecular formula is C17H15ClN4O3S2. The SMILES string of the molecule is Cc1cccc(C)c1NS(=O)(=O)c1nnc(NC(=O)c2ccccc2Cl)s1. The van der Waals surface area contributed by atoms with Gasteiger partial charge in [-0.1, -0.05) is 53.3 Å². The fourth-order valence-electron chi connectivity index (χ4n) is 2.33. The molecule has 0 bridgehead atoms. The maximum Gasteiger partial charge on any atom is 0.291 e. The Morgan fingerprint density at radius 2 is 1.70 bits per heavy atom. The second-order valence-corrected chi connectivity index (χ2v) is 8.92. The van der Waals surface area contributed by atoms with Crippen LogP contribution in [0.2, 0.25) is 5.02 Å².